The van der Waals surface area contributed by atoms with Crippen LogP contribution in [0.25, 0.3) is 21.5 Å². The summed E-state index contributed by atoms with van der Waals surface area (Å²) in [7, 11) is 0. The van der Waals surface area contributed by atoms with E-state index < -0.39 is 131 Å². The molecule has 15 heteroatoms. The second kappa shape index (κ2) is 8.39. The van der Waals surface area contributed by atoms with Crippen molar-refractivity contribution in [2.75, 3.05) is 0 Å². The standard InChI is InChI=1S/2C10F7.Mg/c2*11-2-1-3(12)6(13)5-4(2)7(14)9(16)10(17)8(5)15;. The van der Waals surface area contributed by atoms with Crippen molar-refractivity contribution in [1.29, 1.82) is 0 Å². The van der Waals surface area contributed by atoms with Crippen molar-refractivity contribution in [2.24, 2.45) is 0 Å². The maximum absolute atomic E-state index is 14.8. The smallest absolute Gasteiger partial charge is 0.209 e. The third kappa shape index (κ3) is 3.34. The van der Waals surface area contributed by atoms with E-state index in [1.54, 1.807) is 0 Å². The van der Waals surface area contributed by atoms with Gasteiger partial charge in [0, 0.05) is 0 Å². The predicted octanol–water partition coefficient (Wildman–Crippen LogP) is 5.60. The molecule has 0 N–H and O–H groups in total. The maximum Gasteiger partial charge on any atom is 0.470 e. The first-order valence-corrected chi connectivity index (χ1v) is 10.3. The van der Waals surface area contributed by atoms with Crippen LogP contribution in [-0.2, 0) is 0 Å². The van der Waals surface area contributed by atoms with Crippen LogP contribution >= 0.6 is 0 Å². The third-order valence-corrected chi connectivity index (χ3v) is 7.16. The molecule has 0 unspecified atom stereocenters. The molecule has 0 fully saturated rings. The minimum absolute atomic E-state index is 1.78. The zero-order valence-corrected chi connectivity index (χ0v) is 17.4. The molecule has 0 aliphatic rings. The molecule has 35 heavy (non-hydrogen) atoms. The van der Waals surface area contributed by atoms with Gasteiger partial charge in [-0.1, -0.05) is 7.39 Å². The zero-order valence-electron chi connectivity index (χ0n) is 16.0. The number of halogens is 14. The van der Waals surface area contributed by atoms with Crippen LogP contribution in [0.1, 0.15) is 0 Å². The average molecular weight is 530 g/mol. The second-order valence-corrected chi connectivity index (χ2v) is 8.80. The van der Waals surface area contributed by atoms with Gasteiger partial charge in [-0.05, 0) is 0 Å². The van der Waals surface area contributed by atoms with Crippen molar-refractivity contribution >= 4 is 49.3 Å². The first kappa shape index (κ1) is 25.3. The van der Waals surface area contributed by atoms with Gasteiger partial charge in [0.1, 0.15) is 23.3 Å². The Balaban J connectivity index is 2.10. The Hall–Kier alpha value is -2.81. The molecule has 0 bridgehead atoms. The molecule has 4 aromatic rings. The molecular weight excluding hydrogens is 530 g/mol. The summed E-state index contributed by atoms with van der Waals surface area (Å²) in [6.07, 6.45) is 0. The Labute approximate surface area is 192 Å². The number of hydrogen-bond acceptors (Lipinski definition) is 0. The minimum atomic E-state index is -3.66. The number of rotatable bonds is 2. The fourth-order valence-corrected chi connectivity index (χ4v) is 5.19. The highest BCUT2D eigenvalue weighted by molar-refractivity contribution is 6.68. The van der Waals surface area contributed by atoms with Crippen molar-refractivity contribution in [3.63, 3.8) is 0 Å². The van der Waals surface area contributed by atoms with E-state index in [1.165, 1.54) is 0 Å². The lowest BCUT2D eigenvalue weighted by molar-refractivity contribution is 0.412. The second-order valence-electron chi connectivity index (χ2n) is 7.03. The lowest BCUT2D eigenvalue weighted by atomic mass is 10.1. The molecule has 0 nitrogen and oxygen atoms in total. The van der Waals surface area contributed by atoms with Gasteiger partial charge in [0.25, 0.3) is 0 Å². The summed E-state index contributed by atoms with van der Waals surface area (Å²) < 4.78 is 194. The van der Waals surface area contributed by atoms with E-state index in [0.717, 1.165) is 0 Å². The van der Waals surface area contributed by atoms with Crippen molar-refractivity contribution in [2.45, 2.75) is 0 Å². The molecule has 0 amide bonds. The van der Waals surface area contributed by atoms with E-state index in [0.29, 0.717) is 0 Å². The SMILES string of the molecule is Fc1c(F)c(F)c2c(F)[c]([Mg][c]3c(F)c(F)c4c(F)c(F)c(F)c(F)c4c3F)c(F)c(F)c2c1F. The van der Waals surface area contributed by atoms with Gasteiger partial charge in [0.15, 0.2) is 58.2 Å². The molecule has 0 atom stereocenters. The predicted molar refractivity (Wildman–Crippen MR) is 92.3 cm³/mol. The van der Waals surface area contributed by atoms with Gasteiger partial charge in [-0.3, -0.25) is 0 Å². The molecule has 0 aromatic heterocycles. The molecule has 0 heterocycles. The summed E-state index contributed by atoms with van der Waals surface area (Å²) in [4.78, 5) is 0. The maximum atomic E-state index is 14.8. The summed E-state index contributed by atoms with van der Waals surface area (Å²) >= 11 is -3.66. The van der Waals surface area contributed by atoms with Crippen LogP contribution in [0.3, 0.4) is 0 Å². The Morgan fingerprint density at radius 2 is 0.429 bits per heavy atom. The highest BCUT2D eigenvalue weighted by atomic mass is 24.5. The van der Waals surface area contributed by atoms with Gasteiger partial charge in [-0.2, -0.15) is 0 Å². The molecule has 0 radical (unpaired) electrons. The molecule has 0 saturated heterocycles. The molecule has 4 aromatic carbocycles. The Morgan fingerprint density at radius 1 is 0.229 bits per heavy atom. The van der Waals surface area contributed by atoms with Crippen LogP contribution in [0.4, 0.5) is 61.5 Å². The highest BCUT2D eigenvalue weighted by Crippen LogP contribution is 2.33. The van der Waals surface area contributed by atoms with Gasteiger partial charge >= 0.3 is 20.4 Å². The van der Waals surface area contributed by atoms with Crippen LogP contribution in [0.15, 0.2) is 0 Å². The highest BCUT2D eigenvalue weighted by Gasteiger charge is 2.34. The lowest BCUT2D eigenvalue weighted by Crippen LogP contribution is -2.38. The topological polar surface area (TPSA) is 0 Å². The molecule has 0 spiro atoms. The number of hydrogen-bond donors (Lipinski definition) is 0. The first-order chi connectivity index (χ1) is 16.2. The van der Waals surface area contributed by atoms with E-state index in [-0.39, 0.29) is 0 Å². The lowest BCUT2D eigenvalue weighted by Gasteiger charge is -2.15. The Bertz CT molecular complexity index is 1490. The normalized spacial score (nSPS) is 11.6. The van der Waals surface area contributed by atoms with Crippen molar-refractivity contribution in [3.8, 4) is 0 Å². The van der Waals surface area contributed by atoms with Gasteiger partial charge in [-0.25, -0.2) is 61.5 Å². The van der Waals surface area contributed by atoms with Crippen LogP contribution in [-0.4, -0.2) is 20.4 Å². The van der Waals surface area contributed by atoms with Crippen molar-refractivity contribution in [1.82, 2.24) is 0 Å². The number of fused-ring (bicyclic) bond motifs is 2. The van der Waals surface area contributed by atoms with Gasteiger partial charge in [-0.15, -0.1) is 0 Å². The fraction of sp³-hybridized carbons (Fsp3) is 0. The van der Waals surface area contributed by atoms with Crippen LogP contribution in [0.2, 0.25) is 0 Å². The average Bonchev–Trinajstić information content (AvgIpc) is 2.82. The Kier molecular flexibility index (Phi) is 6.06. The van der Waals surface area contributed by atoms with E-state index >= 15 is 0 Å². The van der Waals surface area contributed by atoms with Gasteiger partial charge in [0.2, 0.25) is 0 Å². The third-order valence-electron chi connectivity index (χ3n) is 5.21. The first-order valence-electron chi connectivity index (χ1n) is 8.85. The summed E-state index contributed by atoms with van der Waals surface area (Å²) in [6.45, 7) is 0. The van der Waals surface area contributed by atoms with Crippen LogP contribution < -0.4 is 7.39 Å². The van der Waals surface area contributed by atoms with Gasteiger partial charge in [0.05, 0.1) is 21.5 Å². The zero-order chi connectivity index (χ0) is 26.3. The van der Waals surface area contributed by atoms with Crippen molar-refractivity contribution in [3.05, 3.63) is 81.4 Å². The van der Waals surface area contributed by atoms with Crippen LogP contribution in [0, 0.1) is 81.4 Å². The Morgan fingerprint density at radius 3 is 0.686 bits per heavy atom. The molecule has 0 saturated carbocycles. The summed E-state index contributed by atoms with van der Waals surface area (Å²) in [5.74, 6) is -35.5. The quantitative estimate of drug-likeness (QED) is 0.137. The summed E-state index contributed by atoms with van der Waals surface area (Å²) in [5.41, 5.74) is 0. The largest absolute Gasteiger partial charge is 0.470 e. The molecule has 4 rings (SSSR count). The summed E-state index contributed by atoms with van der Waals surface area (Å²) in [6, 6.07) is 0. The monoisotopic (exact) mass is 530 g/mol. The van der Waals surface area contributed by atoms with E-state index in [1.807, 2.05) is 0 Å². The molecule has 180 valence electrons. The summed E-state index contributed by atoms with van der Waals surface area (Å²) in [5, 5.41) is -8.08. The van der Waals surface area contributed by atoms with E-state index in [4.69, 9.17) is 0 Å². The molecular formula is C20F14Mg. The minimum Gasteiger partial charge on any atom is -0.209 e. The fourth-order valence-electron chi connectivity index (χ4n) is 3.55. The van der Waals surface area contributed by atoms with Crippen molar-refractivity contribution < 1.29 is 61.5 Å². The molecule has 0 aliphatic carbocycles. The van der Waals surface area contributed by atoms with Gasteiger partial charge < -0.3 is 0 Å². The van der Waals surface area contributed by atoms with E-state index in [9.17, 15) is 61.5 Å². The molecule has 0 aliphatic heterocycles. The van der Waals surface area contributed by atoms with E-state index in [2.05, 4.69) is 0 Å². The number of benzene rings is 4. The van der Waals surface area contributed by atoms with Crippen LogP contribution in [0.5, 0.6) is 0 Å².